The van der Waals surface area contributed by atoms with Gasteiger partial charge in [0.1, 0.15) is 11.9 Å². The molecule has 5 heterocycles. The Balaban J connectivity index is 1.34. The fraction of sp³-hybridized carbons (Fsp3) is 0.909. The van der Waals surface area contributed by atoms with Crippen LogP contribution in [0, 0.1) is 47.3 Å². The van der Waals surface area contributed by atoms with Gasteiger partial charge in [-0.25, -0.2) is 0 Å². The number of hydrogen-bond donors (Lipinski definition) is 4. The first kappa shape index (κ1) is 44.7. The van der Waals surface area contributed by atoms with E-state index < -0.39 is 76.8 Å². The van der Waals surface area contributed by atoms with Gasteiger partial charge in [-0.1, -0.05) is 68.7 Å². The van der Waals surface area contributed by atoms with Crippen molar-refractivity contribution >= 4 is 11.8 Å². The van der Waals surface area contributed by atoms with Gasteiger partial charge in [-0.2, -0.15) is 0 Å². The van der Waals surface area contributed by atoms with Crippen LogP contribution < -0.4 is 0 Å². The molecule has 2 spiro atoms. The molecule has 0 amide bonds. The molecule has 11 heteroatoms. The van der Waals surface area contributed by atoms with Crippen molar-refractivity contribution in [3.05, 3.63) is 12.2 Å². The van der Waals surface area contributed by atoms with Crippen molar-refractivity contribution in [2.75, 3.05) is 0 Å². The minimum Gasteiger partial charge on any atom is -0.481 e. The predicted octanol–water partition coefficient (Wildman–Crippen LogP) is 6.82. The van der Waals surface area contributed by atoms with Crippen LogP contribution in [0.2, 0.25) is 0 Å². The van der Waals surface area contributed by atoms with Crippen molar-refractivity contribution in [1.29, 1.82) is 0 Å². The Morgan fingerprint density at radius 2 is 1.53 bits per heavy atom. The number of hydrogen-bond acceptors (Lipinski definition) is 10. The Morgan fingerprint density at radius 1 is 0.873 bits per heavy atom. The van der Waals surface area contributed by atoms with Gasteiger partial charge >= 0.3 is 5.97 Å². The number of aliphatic hydroxyl groups excluding tert-OH is 2. The van der Waals surface area contributed by atoms with E-state index in [1.807, 2.05) is 54.5 Å². The maximum Gasteiger partial charge on any atom is 0.309 e. The molecule has 0 saturated carbocycles. The first-order valence-corrected chi connectivity index (χ1v) is 21.7. The summed E-state index contributed by atoms with van der Waals surface area (Å²) in [5.74, 6) is -5.73. The lowest BCUT2D eigenvalue weighted by molar-refractivity contribution is -0.409. The third-order valence-electron chi connectivity index (χ3n) is 15.1. The second-order valence-electron chi connectivity index (χ2n) is 18.7. The Labute approximate surface area is 330 Å². The largest absolute Gasteiger partial charge is 0.481 e. The number of ether oxygens (including phenoxy) is 5. The summed E-state index contributed by atoms with van der Waals surface area (Å²) in [6.45, 7) is 21.8. The summed E-state index contributed by atoms with van der Waals surface area (Å²) in [5.41, 5.74) is -1.64. The highest BCUT2D eigenvalue weighted by molar-refractivity contribution is 5.84. The van der Waals surface area contributed by atoms with Crippen LogP contribution in [-0.2, 0) is 33.3 Å². The summed E-state index contributed by atoms with van der Waals surface area (Å²) >= 11 is 0. The third-order valence-corrected chi connectivity index (χ3v) is 15.1. The smallest absolute Gasteiger partial charge is 0.309 e. The molecule has 0 bridgehead atoms. The maximum absolute atomic E-state index is 14.6. The Kier molecular flexibility index (Phi) is 13.8. The van der Waals surface area contributed by atoms with E-state index >= 15 is 0 Å². The molecular weight excluding hydrogens is 704 g/mol. The molecule has 0 radical (unpaired) electrons. The SMILES string of the molecule is CCC1CC(C)C2(C=CC(O)C3(CCC(C)(C4CCC(O)(CC)C(C)O4)O3)O2)OC1C(CC)C(=O)C(C)C(O)C(C)C1OC(C(CC)C(=O)O)C(C)CC1C. The second-order valence-corrected chi connectivity index (χ2v) is 18.7. The molecule has 0 aromatic heterocycles. The summed E-state index contributed by atoms with van der Waals surface area (Å²) in [6, 6.07) is 0. The van der Waals surface area contributed by atoms with E-state index in [2.05, 4.69) is 20.8 Å². The minimum absolute atomic E-state index is 0.0613. The first-order chi connectivity index (χ1) is 25.8. The molecule has 19 unspecified atom stereocenters. The van der Waals surface area contributed by atoms with Crippen molar-refractivity contribution in [2.45, 2.75) is 206 Å². The number of ketones is 1. The molecule has 5 aliphatic heterocycles. The first-order valence-electron chi connectivity index (χ1n) is 21.7. The van der Waals surface area contributed by atoms with Gasteiger partial charge in [-0.15, -0.1) is 0 Å². The molecule has 4 N–H and O–H groups in total. The van der Waals surface area contributed by atoms with Crippen LogP contribution in [0.25, 0.3) is 0 Å². The number of aliphatic carboxylic acids is 1. The van der Waals surface area contributed by atoms with E-state index in [4.69, 9.17) is 23.7 Å². The molecule has 0 aromatic carbocycles. The molecular formula is C44H74O11. The maximum atomic E-state index is 14.6. The number of carboxylic acids is 1. The van der Waals surface area contributed by atoms with E-state index in [-0.39, 0.29) is 47.8 Å². The summed E-state index contributed by atoms with van der Waals surface area (Å²) in [7, 11) is 0. The normalized spacial score (nSPS) is 46.3. The zero-order chi connectivity index (χ0) is 40.8. The zero-order valence-electron chi connectivity index (χ0n) is 35.5. The minimum atomic E-state index is -1.37. The van der Waals surface area contributed by atoms with Gasteiger partial charge in [-0.05, 0) is 95.1 Å². The van der Waals surface area contributed by atoms with Crippen LogP contribution >= 0.6 is 0 Å². The van der Waals surface area contributed by atoms with Crippen LogP contribution in [0.3, 0.4) is 0 Å². The molecule has 19 atom stereocenters. The summed E-state index contributed by atoms with van der Waals surface area (Å²) in [5, 5.41) is 44.3. The second kappa shape index (κ2) is 17.0. The van der Waals surface area contributed by atoms with Crippen molar-refractivity contribution in [3.8, 4) is 0 Å². The number of carbonyl (C=O) groups is 2. The quantitative estimate of drug-likeness (QED) is 0.145. The van der Waals surface area contributed by atoms with Crippen molar-refractivity contribution in [2.24, 2.45) is 47.3 Å². The molecule has 4 saturated heterocycles. The average Bonchev–Trinajstić information content (AvgIpc) is 3.49. The van der Waals surface area contributed by atoms with Crippen molar-refractivity contribution < 1.29 is 53.7 Å². The van der Waals surface area contributed by atoms with Gasteiger partial charge in [0.15, 0.2) is 5.79 Å². The number of Topliss-reactive ketones (excluding diaryl/α,β-unsaturated/α-hetero) is 1. The molecule has 55 heavy (non-hydrogen) atoms. The Hall–Kier alpha value is -1.44. The molecule has 316 valence electrons. The molecule has 0 aliphatic carbocycles. The molecule has 0 aromatic rings. The van der Waals surface area contributed by atoms with Gasteiger partial charge in [0.25, 0.3) is 0 Å². The fourth-order valence-electron chi connectivity index (χ4n) is 11.2. The van der Waals surface area contributed by atoms with Crippen molar-refractivity contribution in [3.63, 3.8) is 0 Å². The lowest BCUT2D eigenvalue weighted by Crippen LogP contribution is -2.63. The lowest BCUT2D eigenvalue weighted by Gasteiger charge is -2.54. The van der Waals surface area contributed by atoms with Gasteiger partial charge in [0.05, 0.1) is 53.7 Å². The van der Waals surface area contributed by atoms with Gasteiger partial charge in [0, 0.05) is 30.1 Å². The van der Waals surface area contributed by atoms with Crippen molar-refractivity contribution in [1.82, 2.24) is 0 Å². The van der Waals surface area contributed by atoms with E-state index in [1.54, 1.807) is 13.0 Å². The number of carbonyl (C=O) groups excluding carboxylic acids is 1. The van der Waals surface area contributed by atoms with E-state index in [1.165, 1.54) is 0 Å². The highest BCUT2D eigenvalue weighted by atomic mass is 16.8. The van der Waals surface area contributed by atoms with Crippen LogP contribution in [0.5, 0.6) is 0 Å². The van der Waals surface area contributed by atoms with E-state index in [0.29, 0.717) is 44.9 Å². The van der Waals surface area contributed by atoms with E-state index in [0.717, 1.165) is 19.3 Å². The van der Waals surface area contributed by atoms with Gasteiger partial charge < -0.3 is 44.1 Å². The molecule has 4 fully saturated rings. The highest BCUT2D eigenvalue weighted by Crippen LogP contribution is 2.54. The van der Waals surface area contributed by atoms with Crippen LogP contribution in [0.1, 0.15) is 140 Å². The average molecular weight is 779 g/mol. The topological polar surface area (TPSA) is 161 Å². The monoisotopic (exact) mass is 779 g/mol. The standard InChI is InChI=1S/C44H74O11/c1-12-30-23-26(7)43(19-16-33(45)44(55-43)21-20-41(11,54-44)34-17-18-42(50,15-4)29(10)51-34)53-39(30)31(13-2)36(47)27(8)35(46)28(9)37-24(5)22-25(6)38(52-37)32(14-3)40(48)49/h16,19,24-35,37-39,45-46,50H,12-15,17-18,20-23H2,1-11H3,(H,48,49). The number of rotatable bonds is 13. The molecule has 5 aliphatic rings. The summed E-state index contributed by atoms with van der Waals surface area (Å²) in [4.78, 5) is 26.7. The lowest BCUT2D eigenvalue weighted by atomic mass is 9.71. The Bertz CT molecular complexity index is 1370. The number of aliphatic hydroxyl groups is 3. The number of carboxylic acid groups (broad SMARTS) is 1. The van der Waals surface area contributed by atoms with Gasteiger partial charge in [0.2, 0.25) is 5.79 Å². The summed E-state index contributed by atoms with van der Waals surface area (Å²) in [6.07, 6.45) is 5.62. The van der Waals surface area contributed by atoms with E-state index in [9.17, 15) is 30.0 Å². The molecule has 5 rings (SSSR count). The zero-order valence-corrected chi connectivity index (χ0v) is 35.5. The predicted molar refractivity (Wildman–Crippen MR) is 208 cm³/mol. The molecule has 11 nitrogen and oxygen atoms in total. The fourth-order valence-corrected chi connectivity index (χ4v) is 11.2. The third kappa shape index (κ3) is 8.26. The highest BCUT2D eigenvalue weighted by Gasteiger charge is 2.63. The van der Waals surface area contributed by atoms with Gasteiger partial charge in [-0.3, -0.25) is 9.59 Å². The Morgan fingerprint density at radius 3 is 2.11 bits per heavy atom. The van der Waals surface area contributed by atoms with Crippen LogP contribution in [-0.4, -0.2) is 97.7 Å². The summed E-state index contributed by atoms with van der Waals surface area (Å²) < 4.78 is 33.8. The van der Waals surface area contributed by atoms with Crippen LogP contribution in [0.15, 0.2) is 12.2 Å². The van der Waals surface area contributed by atoms with Crippen LogP contribution in [0.4, 0.5) is 0 Å².